The molecule has 0 saturated heterocycles. The third-order valence-corrected chi connectivity index (χ3v) is 4.84. The fraction of sp³-hybridized carbons (Fsp3) is 0.923. The highest BCUT2D eigenvalue weighted by Crippen LogP contribution is 2.46. The van der Waals surface area contributed by atoms with Gasteiger partial charge in [0.25, 0.3) is 0 Å². The lowest BCUT2D eigenvalue weighted by Crippen LogP contribution is -2.07. The molecule has 0 aliphatic rings. The van der Waals surface area contributed by atoms with E-state index in [2.05, 4.69) is 6.92 Å². The summed E-state index contributed by atoms with van der Waals surface area (Å²) < 4.78 is 21.2. The Morgan fingerprint density at radius 1 is 0.944 bits per heavy atom. The van der Waals surface area contributed by atoms with Gasteiger partial charge in [-0.2, -0.15) is 0 Å². The van der Waals surface area contributed by atoms with Gasteiger partial charge in [0.05, 0.1) is 0 Å². The van der Waals surface area contributed by atoms with Crippen molar-refractivity contribution in [2.45, 2.75) is 58.3 Å². The molecule has 18 heavy (non-hydrogen) atoms. The van der Waals surface area contributed by atoms with Crippen LogP contribution in [-0.2, 0) is 18.4 Å². The summed E-state index contributed by atoms with van der Waals surface area (Å²) in [5.74, 6) is -0.0319. The van der Waals surface area contributed by atoms with Crippen molar-refractivity contribution in [1.29, 1.82) is 0 Å². The Labute approximate surface area is 111 Å². The summed E-state index contributed by atoms with van der Waals surface area (Å²) in [6, 6.07) is 0. The normalized spacial score (nSPS) is 11.7. The van der Waals surface area contributed by atoms with Crippen LogP contribution in [0.4, 0.5) is 0 Å². The largest absolute Gasteiger partial charge is 0.337 e. The molecule has 0 radical (unpaired) electrons. The second kappa shape index (κ2) is 10.7. The van der Waals surface area contributed by atoms with Crippen LogP contribution in [0.25, 0.3) is 0 Å². The predicted octanol–water partition coefficient (Wildman–Crippen LogP) is 4.18. The Morgan fingerprint density at radius 3 is 1.94 bits per heavy atom. The van der Waals surface area contributed by atoms with Gasteiger partial charge in [0, 0.05) is 20.6 Å². The topological polar surface area (TPSA) is 52.6 Å². The number of carbonyl (C=O) groups excluding carboxylic acids is 1. The Hall–Kier alpha value is -0.180. The Kier molecular flexibility index (Phi) is 10.6. The molecule has 108 valence electrons. The number of unbranched alkanes of at least 4 members (excludes halogenated alkanes) is 6. The monoisotopic (exact) mass is 278 g/mol. The van der Waals surface area contributed by atoms with E-state index in [0.29, 0.717) is 6.42 Å². The smallest absolute Gasteiger partial charge is 0.312 e. The molecule has 0 N–H and O–H groups in total. The molecule has 0 aromatic rings. The lowest BCUT2D eigenvalue weighted by Gasteiger charge is -2.12. The van der Waals surface area contributed by atoms with Crippen LogP contribution in [-0.4, -0.2) is 26.2 Å². The van der Waals surface area contributed by atoms with Gasteiger partial charge in [-0.05, 0) is 6.42 Å². The van der Waals surface area contributed by atoms with Crippen LogP contribution >= 0.6 is 7.60 Å². The number of Topliss-reactive ketones (excluding diaryl/α,β-unsaturated/α-hetero) is 1. The van der Waals surface area contributed by atoms with E-state index >= 15 is 0 Å². The van der Waals surface area contributed by atoms with Gasteiger partial charge in [-0.25, -0.2) is 0 Å². The summed E-state index contributed by atoms with van der Waals surface area (Å²) in [7, 11) is -0.536. The predicted molar refractivity (Wildman–Crippen MR) is 74.1 cm³/mol. The first-order valence-electron chi connectivity index (χ1n) is 6.80. The molecule has 0 aliphatic heterocycles. The van der Waals surface area contributed by atoms with Gasteiger partial charge in [0.2, 0.25) is 0 Å². The summed E-state index contributed by atoms with van der Waals surface area (Å²) in [6.07, 6.45) is 8.58. The molecule has 4 nitrogen and oxygen atoms in total. The highest BCUT2D eigenvalue weighted by molar-refractivity contribution is 7.54. The van der Waals surface area contributed by atoms with Gasteiger partial charge in [-0.15, -0.1) is 0 Å². The van der Waals surface area contributed by atoms with E-state index in [1.54, 1.807) is 0 Å². The number of rotatable bonds is 12. The van der Waals surface area contributed by atoms with E-state index < -0.39 is 7.60 Å². The minimum atomic E-state index is -3.16. The highest BCUT2D eigenvalue weighted by Gasteiger charge is 2.24. The molecule has 0 aliphatic carbocycles. The second-order valence-electron chi connectivity index (χ2n) is 4.54. The molecule has 0 heterocycles. The first kappa shape index (κ1) is 17.8. The molecule has 0 unspecified atom stereocenters. The molecule has 0 saturated carbocycles. The van der Waals surface area contributed by atoms with Crippen LogP contribution in [0.5, 0.6) is 0 Å². The molecule has 0 spiro atoms. The number of ketones is 1. The molecular weight excluding hydrogens is 251 g/mol. The van der Waals surface area contributed by atoms with E-state index in [0.717, 1.165) is 12.8 Å². The van der Waals surface area contributed by atoms with Crippen molar-refractivity contribution >= 4 is 13.4 Å². The van der Waals surface area contributed by atoms with Crippen LogP contribution in [0.2, 0.25) is 0 Å². The molecule has 0 rings (SSSR count). The van der Waals surface area contributed by atoms with E-state index in [1.807, 2.05) is 0 Å². The zero-order valence-electron chi connectivity index (χ0n) is 11.9. The van der Waals surface area contributed by atoms with Crippen molar-refractivity contribution in [3.63, 3.8) is 0 Å². The van der Waals surface area contributed by atoms with Crippen molar-refractivity contribution in [3.05, 3.63) is 0 Å². The van der Waals surface area contributed by atoms with Crippen molar-refractivity contribution in [1.82, 2.24) is 0 Å². The molecule has 0 fully saturated rings. The van der Waals surface area contributed by atoms with Gasteiger partial charge < -0.3 is 9.05 Å². The first-order chi connectivity index (χ1) is 8.58. The minimum absolute atomic E-state index is 0.0319. The van der Waals surface area contributed by atoms with E-state index in [4.69, 9.17) is 9.05 Å². The average molecular weight is 278 g/mol. The molecule has 0 amide bonds. The SMILES string of the molecule is CCCCCCCCCC(=O)CP(=O)(OC)OC. The molecular formula is C13H27O4P. The van der Waals surface area contributed by atoms with Crippen LogP contribution < -0.4 is 0 Å². The van der Waals surface area contributed by atoms with Gasteiger partial charge in [-0.1, -0.05) is 45.4 Å². The quantitative estimate of drug-likeness (QED) is 0.397. The standard InChI is InChI=1S/C13H27O4P/c1-4-5-6-7-8-9-10-11-13(14)12-18(15,16-2)17-3/h4-12H2,1-3H3. The lowest BCUT2D eigenvalue weighted by molar-refractivity contribution is -0.117. The van der Waals surface area contributed by atoms with E-state index in [9.17, 15) is 9.36 Å². The number of hydrogen-bond donors (Lipinski definition) is 0. The van der Waals surface area contributed by atoms with Crippen LogP contribution in [0.3, 0.4) is 0 Å². The highest BCUT2D eigenvalue weighted by atomic mass is 31.2. The van der Waals surface area contributed by atoms with Crippen molar-refractivity contribution < 1.29 is 18.4 Å². The Morgan fingerprint density at radius 2 is 1.44 bits per heavy atom. The van der Waals surface area contributed by atoms with E-state index in [1.165, 1.54) is 46.3 Å². The maximum Gasteiger partial charge on any atom is 0.337 e. The summed E-state index contributed by atoms with van der Waals surface area (Å²) >= 11 is 0. The summed E-state index contributed by atoms with van der Waals surface area (Å²) in [6.45, 7) is 2.20. The Balaban J connectivity index is 3.57. The first-order valence-corrected chi connectivity index (χ1v) is 8.53. The van der Waals surface area contributed by atoms with Gasteiger partial charge in [-0.3, -0.25) is 9.36 Å². The summed E-state index contributed by atoms with van der Waals surface area (Å²) in [5, 5.41) is 0. The van der Waals surface area contributed by atoms with E-state index in [-0.39, 0.29) is 11.9 Å². The zero-order valence-corrected chi connectivity index (χ0v) is 12.8. The fourth-order valence-electron chi connectivity index (χ4n) is 1.78. The van der Waals surface area contributed by atoms with Crippen LogP contribution in [0, 0.1) is 0 Å². The maximum absolute atomic E-state index is 11.7. The van der Waals surface area contributed by atoms with Crippen molar-refractivity contribution in [3.8, 4) is 0 Å². The third kappa shape index (κ3) is 8.84. The van der Waals surface area contributed by atoms with Crippen molar-refractivity contribution in [2.75, 3.05) is 20.4 Å². The third-order valence-electron chi connectivity index (χ3n) is 2.99. The summed E-state index contributed by atoms with van der Waals surface area (Å²) in [4.78, 5) is 11.6. The van der Waals surface area contributed by atoms with Gasteiger partial charge in [0.1, 0.15) is 11.9 Å². The zero-order chi connectivity index (χ0) is 13.9. The number of carbonyl (C=O) groups is 1. The molecule has 0 aromatic carbocycles. The van der Waals surface area contributed by atoms with Crippen LogP contribution in [0.1, 0.15) is 58.3 Å². The van der Waals surface area contributed by atoms with Crippen molar-refractivity contribution in [2.24, 2.45) is 0 Å². The van der Waals surface area contributed by atoms with Gasteiger partial charge in [0.15, 0.2) is 0 Å². The van der Waals surface area contributed by atoms with Crippen LogP contribution in [0.15, 0.2) is 0 Å². The summed E-state index contributed by atoms with van der Waals surface area (Å²) in [5.41, 5.74) is 0. The minimum Gasteiger partial charge on any atom is -0.312 e. The lowest BCUT2D eigenvalue weighted by atomic mass is 10.1. The van der Waals surface area contributed by atoms with Gasteiger partial charge >= 0.3 is 7.60 Å². The number of hydrogen-bond acceptors (Lipinski definition) is 4. The molecule has 0 aromatic heterocycles. The molecule has 0 atom stereocenters. The second-order valence-corrected chi connectivity index (χ2v) is 6.81. The molecule has 5 heteroatoms. The fourth-order valence-corrected chi connectivity index (χ4v) is 2.78. The average Bonchev–Trinajstić information content (AvgIpc) is 2.37. The Bertz CT molecular complexity index is 258. The maximum atomic E-state index is 11.7. The molecule has 0 bridgehead atoms.